The summed E-state index contributed by atoms with van der Waals surface area (Å²) in [5.41, 5.74) is 3.24. The van der Waals surface area contributed by atoms with Gasteiger partial charge in [0.2, 0.25) is 0 Å². The number of esters is 1. The zero-order valence-corrected chi connectivity index (χ0v) is 9.40. The zero-order chi connectivity index (χ0) is 11.4. The number of allylic oxidation sites excluding steroid dienone is 1. The summed E-state index contributed by atoms with van der Waals surface area (Å²) in [5, 5.41) is 0. The van der Waals surface area contributed by atoms with Crippen molar-refractivity contribution >= 4 is 11.5 Å². The van der Waals surface area contributed by atoms with E-state index in [4.69, 9.17) is 4.74 Å². The van der Waals surface area contributed by atoms with Crippen molar-refractivity contribution in [1.82, 2.24) is 4.98 Å². The molecule has 0 N–H and O–H groups in total. The molecule has 0 aliphatic heterocycles. The Morgan fingerprint density at radius 1 is 1.56 bits per heavy atom. The number of nitrogens with zero attached hydrogens (tertiary/aromatic N) is 1. The van der Waals surface area contributed by atoms with E-state index in [1.165, 1.54) is 0 Å². The fraction of sp³-hybridized carbons (Fsp3) is 0.385. The van der Waals surface area contributed by atoms with Crippen molar-refractivity contribution in [1.29, 1.82) is 0 Å². The summed E-state index contributed by atoms with van der Waals surface area (Å²) in [6.07, 6.45) is 6.37. The Kier molecular flexibility index (Phi) is 3.34. The van der Waals surface area contributed by atoms with Crippen molar-refractivity contribution in [2.24, 2.45) is 0 Å². The Hall–Kier alpha value is -1.64. The van der Waals surface area contributed by atoms with Gasteiger partial charge in [0.25, 0.3) is 0 Å². The molecule has 1 aliphatic rings. The molecule has 0 spiro atoms. The van der Waals surface area contributed by atoms with Gasteiger partial charge in [-0.25, -0.2) is 4.79 Å². The highest BCUT2D eigenvalue weighted by atomic mass is 16.5. The number of carbonyl (C=O) groups excluding carboxylic acids is 1. The normalized spacial score (nSPS) is 16.9. The number of aryl methyl sites for hydroxylation is 1. The number of hydrogen-bond donors (Lipinski definition) is 0. The Balaban J connectivity index is 2.28. The van der Waals surface area contributed by atoms with Crippen LogP contribution in [0.2, 0.25) is 0 Å². The molecule has 0 amide bonds. The van der Waals surface area contributed by atoms with Crippen LogP contribution in [0.5, 0.6) is 0 Å². The third kappa shape index (κ3) is 2.30. The van der Waals surface area contributed by atoms with Crippen LogP contribution in [0.15, 0.2) is 24.4 Å². The average Bonchev–Trinajstić information content (AvgIpc) is 2.30. The van der Waals surface area contributed by atoms with Crippen molar-refractivity contribution in [2.75, 3.05) is 6.61 Å². The predicted molar refractivity (Wildman–Crippen MR) is 61.8 cm³/mol. The van der Waals surface area contributed by atoms with E-state index >= 15 is 0 Å². The third-order valence-corrected chi connectivity index (χ3v) is 2.67. The molecule has 1 aliphatic carbocycles. The maximum atomic E-state index is 11.4. The molecule has 0 saturated heterocycles. The minimum atomic E-state index is -0.255. The first-order chi connectivity index (χ1) is 7.81. The molecule has 1 heterocycles. The maximum absolute atomic E-state index is 11.4. The summed E-state index contributed by atoms with van der Waals surface area (Å²) in [5.74, 6) is -0.255. The second-order valence-electron chi connectivity index (χ2n) is 3.77. The van der Waals surface area contributed by atoms with E-state index in [0.29, 0.717) is 6.61 Å². The van der Waals surface area contributed by atoms with Crippen LogP contribution in [0.1, 0.15) is 31.0 Å². The van der Waals surface area contributed by atoms with Crippen LogP contribution in [0.4, 0.5) is 0 Å². The molecule has 1 aromatic heterocycles. The average molecular weight is 217 g/mol. The van der Waals surface area contributed by atoms with Crippen LogP contribution < -0.4 is 0 Å². The van der Waals surface area contributed by atoms with Gasteiger partial charge < -0.3 is 4.74 Å². The van der Waals surface area contributed by atoms with Gasteiger partial charge in [-0.1, -0.05) is 6.07 Å². The second kappa shape index (κ2) is 4.92. The van der Waals surface area contributed by atoms with Crippen LogP contribution in [-0.2, 0) is 16.0 Å². The largest absolute Gasteiger partial charge is 0.463 e. The summed E-state index contributed by atoms with van der Waals surface area (Å²) < 4.78 is 4.92. The van der Waals surface area contributed by atoms with Gasteiger partial charge in [0.15, 0.2) is 0 Å². The lowest BCUT2D eigenvalue weighted by Crippen LogP contribution is -2.07. The SMILES string of the molecule is CCOC(=O)C=C1CCCc2ncccc21. The molecule has 0 saturated carbocycles. The fourth-order valence-corrected chi connectivity index (χ4v) is 1.99. The maximum Gasteiger partial charge on any atom is 0.331 e. The standard InChI is InChI=1S/C13H15NO2/c1-2-16-13(15)9-10-5-3-7-12-11(10)6-4-8-14-12/h4,6,8-9H,2-3,5,7H2,1H3. The van der Waals surface area contributed by atoms with E-state index in [1.807, 2.05) is 19.1 Å². The first-order valence-corrected chi connectivity index (χ1v) is 5.63. The highest BCUT2D eigenvalue weighted by Crippen LogP contribution is 2.28. The van der Waals surface area contributed by atoms with Gasteiger partial charge in [-0.3, -0.25) is 4.98 Å². The number of hydrogen-bond acceptors (Lipinski definition) is 3. The number of pyridine rings is 1. The summed E-state index contributed by atoms with van der Waals surface area (Å²) >= 11 is 0. The van der Waals surface area contributed by atoms with Crippen LogP contribution in [-0.4, -0.2) is 17.6 Å². The number of ether oxygens (including phenoxy) is 1. The molecule has 0 atom stereocenters. The Morgan fingerprint density at radius 3 is 3.25 bits per heavy atom. The number of aromatic nitrogens is 1. The molecule has 3 nitrogen and oxygen atoms in total. The van der Waals surface area contributed by atoms with Gasteiger partial charge in [-0.05, 0) is 43.4 Å². The molecule has 0 bridgehead atoms. The monoisotopic (exact) mass is 217 g/mol. The Labute approximate surface area is 95.2 Å². The number of fused-ring (bicyclic) bond motifs is 1. The minimum Gasteiger partial charge on any atom is -0.463 e. The molecule has 84 valence electrons. The quantitative estimate of drug-likeness (QED) is 0.564. The van der Waals surface area contributed by atoms with Crippen molar-refractivity contribution < 1.29 is 9.53 Å². The molecule has 16 heavy (non-hydrogen) atoms. The lowest BCUT2D eigenvalue weighted by atomic mass is 9.91. The molecule has 1 aromatic rings. The van der Waals surface area contributed by atoms with Crippen molar-refractivity contribution in [2.45, 2.75) is 26.2 Å². The third-order valence-electron chi connectivity index (χ3n) is 2.67. The van der Waals surface area contributed by atoms with Gasteiger partial charge in [0.1, 0.15) is 0 Å². The summed E-state index contributed by atoms with van der Waals surface area (Å²) in [6.45, 7) is 2.23. The van der Waals surface area contributed by atoms with Gasteiger partial charge in [-0.2, -0.15) is 0 Å². The summed E-state index contributed by atoms with van der Waals surface area (Å²) in [4.78, 5) is 15.7. The van der Waals surface area contributed by atoms with E-state index in [0.717, 1.165) is 36.1 Å². The van der Waals surface area contributed by atoms with Crippen molar-refractivity contribution in [3.63, 3.8) is 0 Å². The Bertz CT molecular complexity index is 424. The molecule has 0 radical (unpaired) electrons. The molecule has 0 fully saturated rings. The number of rotatable bonds is 2. The molecule has 0 aromatic carbocycles. The summed E-state index contributed by atoms with van der Waals surface area (Å²) in [6, 6.07) is 3.93. The minimum absolute atomic E-state index is 0.255. The molecule has 0 unspecified atom stereocenters. The van der Waals surface area contributed by atoms with E-state index in [9.17, 15) is 4.79 Å². The molecular formula is C13H15NO2. The highest BCUT2D eigenvalue weighted by molar-refractivity contribution is 5.92. The summed E-state index contributed by atoms with van der Waals surface area (Å²) in [7, 11) is 0. The second-order valence-corrected chi connectivity index (χ2v) is 3.77. The van der Waals surface area contributed by atoms with Gasteiger partial charge >= 0.3 is 5.97 Å². The van der Waals surface area contributed by atoms with E-state index in [2.05, 4.69) is 4.98 Å². The van der Waals surface area contributed by atoms with Crippen LogP contribution in [0, 0.1) is 0 Å². The highest BCUT2D eigenvalue weighted by Gasteiger charge is 2.15. The van der Waals surface area contributed by atoms with Gasteiger partial charge in [-0.15, -0.1) is 0 Å². The van der Waals surface area contributed by atoms with E-state index in [-0.39, 0.29) is 5.97 Å². The number of carbonyl (C=O) groups is 1. The zero-order valence-electron chi connectivity index (χ0n) is 9.40. The predicted octanol–water partition coefficient (Wildman–Crippen LogP) is 2.36. The smallest absolute Gasteiger partial charge is 0.331 e. The first-order valence-electron chi connectivity index (χ1n) is 5.63. The van der Waals surface area contributed by atoms with E-state index < -0.39 is 0 Å². The topological polar surface area (TPSA) is 39.2 Å². The molecular weight excluding hydrogens is 202 g/mol. The van der Waals surface area contributed by atoms with Gasteiger partial charge in [0.05, 0.1) is 6.61 Å². The lowest BCUT2D eigenvalue weighted by molar-refractivity contribution is -0.137. The van der Waals surface area contributed by atoms with Crippen LogP contribution in [0.3, 0.4) is 0 Å². The van der Waals surface area contributed by atoms with Crippen molar-refractivity contribution in [3.8, 4) is 0 Å². The van der Waals surface area contributed by atoms with Crippen LogP contribution >= 0.6 is 0 Å². The first kappa shape index (κ1) is 10.9. The Morgan fingerprint density at radius 2 is 2.44 bits per heavy atom. The van der Waals surface area contributed by atoms with Crippen LogP contribution in [0.25, 0.3) is 5.57 Å². The van der Waals surface area contributed by atoms with E-state index in [1.54, 1.807) is 12.3 Å². The lowest BCUT2D eigenvalue weighted by Gasteiger charge is -2.17. The van der Waals surface area contributed by atoms with Crippen molar-refractivity contribution in [3.05, 3.63) is 35.7 Å². The fourth-order valence-electron chi connectivity index (χ4n) is 1.99. The van der Waals surface area contributed by atoms with Gasteiger partial charge in [0, 0.05) is 18.0 Å². The molecule has 3 heteroatoms. The molecule has 2 rings (SSSR count).